The molecule has 1 heterocycles. The van der Waals surface area contributed by atoms with Gasteiger partial charge in [-0.05, 0) is 19.4 Å². The number of benzene rings is 1. The van der Waals surface area contributed by atoms with E-state index in [1.807, 2.05) is 31.2 Å². The van der Waals surface area contributed by atoms with E-state index in [1.54, 1.807) is 6.92 Å². The third kappa shape index (κ3) is 5.46. The quantitative estimate of drug-likeness (QED) is 0.716. The molecular weight excluding hydrogens is 313 g/mol. The standard InChI is InChI=1S/C16H21F3O4/c1-3-20-14(21-11-16(17,18)19)10-12-4-6-13(7-5-12)15(2)22-8-9-23-15/h4-7,14H,3,8-11H2,1-2H3. The van der Waals surface area contributed by atoms with E-state index < -0.39 is 24.9 Å². The molecule has 1 atom stereocenters. The average Bonchev–Trinajstić information content (AvgIpc) is 2.93. The molecule has 1 aromatic rings. The molecule has 23 heavy (non-hydrogen) atoms. The van der Waals surface area contributed by atoms with Gasteiger partial charge in [0.1, 0.15) is 6.61 Å². The number of hydrogen-bond acceptors (Lipinski definition) is 4. The summed E-state index contributed by atoms with van der Waals surface area (Å²) in [5.74, 6) is -0.759. The van der Waals surface area contributed by atoms with Gasteiger partial charge in [-0.15, -0.1) is 0 Å². The molecule has 130 valence electrons. The molecule has 1 saturated heterocycles. The molecule has 0 spiro atoms. The maximum atomic E-state index is 12.3. The fourth-order valence-electron chi connectivity index (χ4n) is 2.36. The zero-order valence-corrected chi connectivity index (χ0v) is 13.2. The Hall–Kier alpha value is -1.15. The molecule has 0 aliphatic carbocycles. The molecular formula is C16H21F3O4. The summed E-state index contributed by atoms with van der Waals surface area (Å²) >= 11 is 0. The molecule has 0 radical (unpaired) electrons. The number of halogens is 3. The highest BCUT2D eigenvalue weighted by Crippen LogP contribution is 2.31. The van der Waals surface area contributed by atoms with Crippen LogP contribution in [0.4, 0.5) is 13.2 Å². The van der Waals surface area contributed by atoms with Crippen LogP contribution in [0.2, 0.25) is 0 Å². The van der Waals surface area contributed by atoms with Crippen LogP contribution in [0.15, 0.2) is 24.3 Å². The predicted octanol–water partition coefficient (Wildman–Crippen LogP) is 3.39. The van der Waals surface area contributed by atoms with Gasteiger partial charge in [0.2, 0.25) is 0 Å². The second-order valence-electron chi connectivity index (χ2n) is 5.35. The minimum absolute atomic E-state index is 0.239. The molecule has 1 aliphatic heterocycles. The third-order valence-corrected chi connectivity index (χ3v) is 3.50. The maximum Gasteiger partial charge on any atom is 0.411 e. The van der Waals surface area contributed by atoms with Crippen molar-refractivity contribution in [3.05, 3.63) is 35.4 Å². The van der Waals surface area contributed by atoms with Crippen LogP contribution in [0, 0.1) is 0 Å². The largest absolute Gasteiger partial charge is 0.411 e. The first-order chi connectivity index (χ1) is 10.8. The van der Waals surface area contributed by atoms with E-state index >= 15 is 0 Å². The van der Waals surface area contributed by atoms with E-state index in [9.17, 15) is 13.2 Å². The maximum absolute atomic E-state index is 12.3. The van der Waals surface area contributed by atoms with Crippen molar-refractivity contribution in [2.45, 2.75) is 38.5 Å². The van der Waals surface area contributed by atoms with Crippen LogP contribution in [0.3, 0.4) is 0 Å². The van der Waals surface area contributed by atoms with Crippen LogP contribution in [0.25, 0.3) is 0 Å². The zero-order chi connectivity index (χ0) is 16.9. The Balaban J connectivity index is 1.97. The molecule has 0 aromatic heterocycles. The topological polar surface area (TPSA) is 36.9 Å². The zero-order valence-electron chi connectivity index (χ0n) is 13.2. The summed E-state index contributed by atoms with van der Waals surface area (Å²) in [7, 11) is 0. The van der Waals surface area contributed by atoms with Gasteiger partial charge in [-0.3, -0.25) is 0 Å². The van der Waals surface area contributed by atoms with Crippen molar-refractivity contribution in [3.63, 3.8) is 0 Å². The fourth-order valence-corrected chi connectivity index (χ4v) is 2.36. The lowest BCUT2D eigenvalue weighted by atomic mass is 10.0. The van der Waals surface area contributed by atoms with E-state index in [4.69, 9.17) is 18.9 Å². The van der Waals surface area contributed by atoms with Crippen molar-refractivity contribution in [2.24, 2.45) is 0 Å². The van der Waals surface area contributed by atoms with Crippen molar-refractivity contribution < 1.29 is 32.1 Å². The van der Waals surface area contributed by atoms with E-state index in [0.717, 1.165) is 11.1 Å². The summed E-state index contributed by atoms with van der Waals surface area (Å²) < 4.78 is 57.9. The number of alkyl halides is 3. The van der Waals surface area contributed by atoms with Gasteiger partial charge in [0.15, 0.2) is 12.1 Å². The van der Waals surface area contributed by atoms with E-state index in [-0.39, 0.29) is 13.0 Å². The summed E-state index contributed by atoms with van der Waals surface area (Å²) in [6.45, 7) is 3.58. The normalized spacial score (nSPS) is 19.0. The molecule has 1 aromatic carbocycles. The second kappa shape index (κ2) is 7.61. The first kappa shape index (κ1) is 18.2. The fraction of sp³-hybridized carbons (Fsp3) is 0.625. The third-order valence-electron chi connectivity index (χ3n) is 3.50. The van der Waals surface area contributed by atoms with Crippen molar-refractivity contribution in [1.29, 1.82) is 0 Å². The van der Waals surface area contributed by atoms with Crippen LogP contribution >= 0.6 is 0 Å². The Morgan fingerprint density at radius 2 is 1.74 bits per heavy atom. The molecule has 0 bridgehead atoms. The van der Waals surface area contributed by atoms with Crippen molar-refractivity contribution in [2.75, 3.05) is 26.4 Å². The molecule has 0 saturated carbocycles. The Bertz CT molecular complexity index is 481. The molecule has 0 N–H and O–H groups in total. The summed E-state index contributed by atoms with van der Waals surface area (Å²) in [6.07, 6.45) is -5.06. The Morgan fingerprint density at radius 1 is 1.13 bits per heavy atom. The second-order valence-corrected chi connectivity index (χ2v) is 5.35. The predicted molar refractivity (Wildman–Crippen MR) is 76.8 cm³/mol. The molecule has 1 unspecified atom stereocenters. The van der Waals surface area contributed by atoms with Gasteiger partial charge in [0, 0.05) is 18.6 Å². The highest BCUT2D eigenvalue weighted by Gasteiger charge is 2.33. The summed E-state index contributed by atoms with van der Waals surface area (Å²) in [5.41, 5.74) is 1.68. The first-order valence-electron chi connectivity index (χ1n) is 7.50. The minimum Gasteiger partial charge on any atom is -0.353 e. The summed E-state index contributed by atoms with van der Waals surface area (Å²) in [4.78, 5) is 0. The number of hydrogen-bond donors (Lipinski definition) is 0. The van der Waals surface area contributed by atoms with Gasteiger partial charge in [-0.2, -0.15) is 13.2 Å². The molecule has 7 heteroatoms. The first-order valence-corrected chi connectivity index (χ1v) is 7.50. The van der Waals surface area contributed by atoms with Crippen molar-refractivity contribution in [3.8, 4) is 0 Å². The lowest BCUT2D eigenvalue weighted by Crippen LogP contribution is -2.27. The van der Waals surface area contributed by atoms with Crippen molar-refractivity contribution >= 4 is 0 Å². The van der Waals surface area contributed by atoms with Crippen LogP contribution in [0.5, 0.6) is 0 Å². The summed E-state index contributed by atoms with van der Waals surface area (Å²) in [6, 6.07) is 7.31. The van der Waals surface area contributed by atoms with Crippen LogP contribution in [-0.4, -0.2) is 38.9 Å². The van der Waals surface area contributed by atoms with Gasteiger partial charge in [-0.25, -0.2) is 0 Å². The smallest absolute Gasteiger partial charge is 0.353 e. The number of rotatable bonds is 7. The molecule has 0 amide bonds. The lowest BCUT2D eigenvalue weighted by Gasteiger charge is -2.23. The number of ether oxygens (including phenoxy) is 4. The SMILES string of the molecule is CCOC(Cc1ccc(C2(C)OCCO2)cc1)OCC(F)(F)F. The highest BCUT2D eigenvalue weighted by molar-refractivity contribution is 5.26. The minimum atomic E-state index is -4.37. The van der Waals surface area contributed by atoms with E-state index in [1.165, 1.54) is 0 Å². The highest BCUT2D eigenvalue weighted by atomic mass is 19.4. The van der Waals surface area contributed by atoms with Gasteiger partial charge in [0.05, 0.1) is 13.2 Å². The van der Waals surface area contributed by atoms with E-state index in [2.05, 4.69) is 0 Å². The molecule has 2 rings (SSSR count). The van der Waals surface area contributed by atoms with Gasteiger partial charge in [-0.1, -0.05) is 24.3 Å². The average molecular weight is 334 g/mol. The van der Waals surface area contributed by atoms with Crippen molar-refractivity contribution in [1.82, 2.24) is 0 Å². The van der Waals surface area contributed by atoms with Gasteiger partial charge in [0.25, 0.3) is 0 Å². The van der Waals surface area contributed by atoms with Gasteiger partial charge < -0.3 is 18.9 Å². The van der Waals surface area contributed by atoms with Gasteiger partial charge >= 0.3 is 6.18 Å². The molecule has 1 fully saturated rings. The monoisotopic (exact) mass is 334 g/mol. The summed E-state index contributed by atoms with van der Waals surface area (Å²) in [5, 5.41) is 0. The van der Waals surface area contributed by atoms with E-state index in [0.29, 0.717) is 13.2 Å². The van der Waals surface area contributed by atoms with Crippen LogP contribution < -0.4 is 0 Å². The van der Waals surface area contributed by atoms with Crippen LogP contribution in [0.1, 0.15) is 25.0 Å². The Morgan fingerprint density at radius 3 is 2.26 bits per heavy atom. The van der Waals surface area contributed by atoms with Crippen LogP contribution in [-0.2, 0) is 31.2 Å². The Labute approximate surface area is 133 Å². The molecule has 1 aliphatic rings. The lowest BCUT2D eigenvalue weighted by molar-refractivity contribution is -0.227. The molecule has 4 nitrogen and oxygen atoms in total. The Kier molecular flexibility index (Phi) is 6.02.